The Morgan fingerprint density at radius 2 is 1.47 bits per heavy atom. The maximum absolute atomic E-state index is 5.21. The lowest BCUT2D eigenvalue weighted by molar-refractivity contribution is -0.104. The molecule has 88 valence electrons. The molecule has 2 heteroatoms. The van der Waals surface area contributed by atoms with Crippen molar-refractivity contribution in [1.82, 2.24) is 0 Å². The summed E-state index contributed by atoms with van der Waals surface area (Å²) in [7, 11) is 4.07. The average molecular weight is 227 g/mol. The van der Waals surface area contributed by atoms with Gasteiger partial charge in [-0.25, -0.2) is 0 Å². The molecule has 0 aromatic heterocycles. The van der Waals surface area contributed by atoms with Crippen molar-refractivity contribution in [3.05, 3.63) is 60.2 Å². The summed E-state index contributed by atoms with van der Waals surface area (Å²) in [6.07, 6.45) is 13.2. The smallest absolute Gasteiger partial charge is 0.160 e. The fourth-order valence-corrected chi connectivity index (χ4v) is 1.31. The van der Waals surface area contributed by atoms with Gasteiger partial charge in [-0.1, -0.05) is 42.5 Å². The van der Waals surface area contributed by atoms with Crippen LogP contribution in [0.1, 0.15) is 5.56 Å². The van der Waals surface area contributed by atoms with E-state index in [1.54, 1.807) is 6.08 Å². The third-order valence-electron chi connectivity index (χ3n) is 2.25. The van der Waals surface area contributed by atoms with Crippen molar-refractivity contribution in [1.29, 1.82) is 0 Å². The quantitative estimate of drug-likeness (QED) is 0.602. The topological polar surface area (TPSA) is 28.8 Å². The van der Waals surface area contributed by atoms with Crippen LogP contribution in [0.5, 0.6) is 0 Å². The summed E-state index contributed by atoms with van der Waals surface area (Å²) < 4.78 is 0. The van der Waals surface area contributed by atoms with Gasteiger partial charge >= 0.3 is 0 Å². The van der Waals surface area contributed by atoms with Crippen molar-refractivity contribution in [3.8, 4) is 0 Å². The minimum absolute atomic E-state index is 1.19. The molecule has 0 aliphatic heterocycles. The predicted octanol–water partition coefficient (Wildman–Crippen LogP) is 1.71. The highest BCUT2D eigenvalue weighted by Gasteiger charge is 1.92. The third kappa shape index (κ3) is 4.98. The zero-order chi connectivity index (χ0) is 12.5. The minimum atomic E-state index is 1.19. The molecule has 0 aliphatic rings. The first-order valence-corrected chi connectivity index (χ1v) is 5.56. The van der Waals surface area contributed by atoms with Gasteiger partial charge in [-0.2, -0.15) is 0 Å². The van der Waals surface area contributed by atoms with Gasteiger partial charge in [-0.05, 0) is 17.7 Å². The van der Waals surface area contributed by atoms with Crippen LogP contribution in [0.2, 0.25) is 0 Å². The summed E-state index contributed by atoms with van der Waals surface area (Å²) in [5.74, 6) is 0. The number of allylic oxidation sites excluding steroid dienone is 5. The van der Waals surface area contributed by atoms with Gasteiger partial charge in [0.1, 0.15) is 0 Å². The summed E-state index contributed by atoms with van der Waals surface area (Å²) in [5.41, 5.74) is 2.40. The van der Waals surface area contributed by atoms with Crippen LogP contribution in [0.4, 0.5) is 5.69 Å². The lowest BCUT2D eigenvalue weighted by Gasteiger charge is -2.11. The summed E-state index contributed by atoms with van der Waals surface area (Å²) in [4.78, 5) is 2.08. The van der Waals surface area contributed by atoms with Crippen LogP contribution in [0.3, 0.4) is 0 Å². The lowest BCUT2D eigenvalue weighted by Crippen LogP contribution is -2.27. The van der Waals surface area contributed by atoms with Crippen molar-refractivity contribution in [2.45, 2.75) is 0 Å². The Labute approximate surface area is 103 Å². The van der Waals surface area contributed by atoms with E-state index in [9.17, 15) is 0 Å². The minimum Gasteiger partial charge on any atom is -0.378 e. The van der Waals surface area contributed by atoms with Gasteiger partial charge in [0, 0.05) is 25.9 Å². The number of hydrogen-bond acceptors (Lipinski definition) is 1. The van der Waals surface area contributed by atoms with Crippen molar-refractivity contribution in [3.63, 3.8) is 0 Å². The number of rotatable bonds is 5. The van der Waals surface area contributed by atoms with Crippen molar-refractivity contribution in [2.75, 3.05) is 19.0 Å². The van der Waals surface area contributed by atoms with E-state index >= 15 is 0 Å². The van der Waals surface area contributed by atoms with Crippen LogP contribution in [0.15, 0.2) is 54.6 Å². The molecule has 2 nitrogen and oxygen atoms in total. The molecule has 1 aromatic carbocycles. The molecule has 17 heavy (non-hydrogen) atoms. The van der Waals surface area contributed by atoms with Gasteiger partial charge in [0.2, 0.25) is 0 Å². The average Bonchev–Trinajstić information content (AvgIpc) is 2.34. The van der Waals surface area contributed by atoms with E-state index in [0.29, 0.717) is 0 Å². The molecule has 0 saturated carbocycles. The number of nitrogens with zero attached hydrogens (tertiary/aromatic N) is 1. The van der Waals surface area contributed by atoms with E-state index in [4.69, 9.17) is 5.41 Å². The Kier molecular flexibility index (Phi) is 5.52. The van der Waals surface area contributed by atoms with Crippen LogP contribution >= 0.6 is 0 Å². The van der Waals surface area contributed by atoms with Crippen LogP contribution < -0.4 is 10.3 Å². The molecule has 1 aromatic rings. The standard InChI is InChI=1S/C15H18N2/c1-17(2)15-11-9-14(10-12-15)8-6-4-3-5-7-13-16/h3-13,16H,1-2H3/p+1/b4-3+,7-5-,8-6+,16-13?. The first-order valence-electron chi connectivity index (χ1n) is 5.56. The molecule has 1 rings (SSSR count). The Morgan fingerprint density at radius 1 is 0.882 bits per heavy atom. The highest BCUT2D eigenvalue weighted by Crippen LogP contribution is 2.12. The Bertz CT molecular complexity index is 423. The molecule has 0 amide bonds. The van der Waals surface area contributed by atoms with E-state index in [0.717, 1.165) is 0 Å². The van der Waals surface area contributed by atoms with E-state index in [2.05, 4.69) is 35.2 Å². The molecule has 0 fully saturated rings. The predicted molar refractivity (Wildman–Crippen MR) is 76.1 cm³/mol. The van der Waals surface area contributed by atoms with E-state index in [-0.39, 0.29) is 0 Å². The Hall–Kier alpha value is -2.09. The molecule has 0 aliphatic carbocycles. The molecular formula is C15H19N2+. The van der Waals surface area contributed by atoms with Gasteiger partial charge in [-0.3, -0.25) is 5.41 Å². The molecule has 0 spiro atoms. The second-order valence-corrected chi connectivity index (χ2v) is 3.81. The molecule has 0 unspecified atom stereocenters. The van der Waals surface area contributed by atoms with Crippen LogP contribution in [-0.2, 0) is 0 Å². The van der Waals surface area contributed by atoms with Gasteiger partial charge < -0.3 is 4.90 Å². The van der Waals surface area contributed by atoms with Crippen molar-refractivity contribution in [2.24, 2.45) is 0 Å². The van der Waals surface area contributed by atoms with Crippen LogP contribution in [-0.4, -0.2) is 20.3 Å². The maximum atomic E-state index is 5.21. The highest BCUT2D eigenvalue weighted by molar-refractivity contribution is 5.65. The van der Waals surface area contributed by atoms with Gasteiger partial charge in [0.25, 0.3) is 0 Å². The van der Waals surface area contributed by atoms with Crippen LogP contribution in [0.25, 0.3) is 6.08 Å². The normalized spacial score (nSPS) is 11.6. The van der Waals surface area contributed by atoms with Crippen LogP contribution in [0, 0.1) is 0 Å². The fourth-order valence-electron chi connectivity index (χ4n) is 1.31. The Balaban J connectivity index is 2.57. The molecule has 0 atom stereocenters. The summed E-state index contributed by atoms with van der Waals surface area (Å²) in [6.45, 7) is 0. The van der Waals surface area contributed by atoms with Crippen molar-refractivity contribution >= 4 is 18.0 Å². The van der Waals surface area contributed by atoms with E-state index in [1.807, 2.05) is 38.4 Å². The molecule has 2 N–H and O–H groups in total. The molecule has 0 radical (unpaired) electrons. The van der Waals surface area contributed by atoms with Gasteiger partial charge in [0.05, 0.1) is 0 Å². The number of anilines is 1. The van der Waals surface area contributed by atoms with E-state index < -0.39 is 0 Å². The van der Waals surface area contributed by atoms with Gasteiger partial charge in [0.15, 0.2) is 6.21 Å². The highest BCUT2D eigenvalue weighted by atomic mass is 15.1. The summed E-state index contributed by atoms with van der Waals surface area (Å²) in [5, 5.41) is 5.21. The fraction of sp³-hybridized carbons (Fsp3) is 0.133. The zero-order valence-corrected chi connectivity index (χ0v) is 10.4. The first kappa shape index (κ1) is 13.0. The number of benzene rings is 1. The lowest BCUT2D eigenvalue weighted by atomic mass is 10.2. The van der Waals surface area contributed by atoms with Gasteiger partial charge in [-0.15, -0.1) is 0 Å². The first-order chi connectivity index (χ1) is 8.24. The molecular weight excluding hydrogens is 208 g/mol. The third-order valence-corrected chi connectivity index (χ3v) is 2.25. The number of hydrogen-bond donors (Lipinski definition) is 1. The molecule has 0 bridgehead atoms. The second kappa shape index (κ2) is 7.23. The zero-order valence-electron chi connectivity index (χ0n) is 10.4. The molecule has 0 saturated heterocycles. The Morgan fingerprint density at radius 3 is 2.06 bits per heavy atom. The summed E-state index contributed by atoms with van der Waals surface area (Å²) >= 11 is 0. The largest absolute Gasteiger partial charge is 0.378 e. The van der Waals surface area contributed by atoms with Crippen molar-refractivity contribution < 1.29 is 5.41 Å². The SMILES string of the molecule is CN(C)c1ccc(/C=C/C=C/C=C\C=[NH2+])cc1. The molecule has 0 heterocycles. The maximum Gasteiger partial charge on any atom is 0.160 e. The second-order valence-electron chi connectivity index (χ2n) is 3.81. The number of nitrogens with two attached hydrogens (primary N) is 1. The monoisotopic (exact) mass is 227 g/mol. The summed E-state index contributed by atoms with van der Waals surface area (Å²) in [6, 6.07) is 8.41. The van der Waals surface area contributed by atoms with E-state index in [1.165, 1.54) is 17.5 Å².